The molecule has 1 saturated heterocycles. The van der Waals surface area contributed by atoms with Crippen LogP contribution in [-0.4, -0.2) is 56.5 Å². The van der Waals surface area contributed by atoms with Crippen molar-refractivity contribution in [3.63, 3.8) is 0 Å². The van der Waals surface area contributed by atoms with E-state index in [1.807, 2.05) is 7.05 Å². The van der Waals surface area contributed by atoms with Gasteiger partial charge in [0.2, 0.25) is 5.91 Å². The minimum atomic E-state index is -0.434. The molecule has 2 rings (SSSR count). The molecule has 0 aliphatic carbocycles. The van der Waals surface area contributed by atoms with Crippen LogP contribution in [0.2, 0.25) is 5.02 Å². The molecule has 25 heavy (non-hydrogen) atoms. The first kappa shape index (κ1) is 21.5. The van der Waals surface area contributed by atoms with E-state index < -0.39 is 6.04 Å². The standard InChI is InChI=1S/C17H24ClN3O3.ClH/c1-19-8-4-9-20-16(22)14-5-3-10-21(14)17(23)13-11-12(18)6-7-15(13)24-2;/h6-7,11,14,19H,3-5,8-10H2,1-2H3,(H,20,22);1H. The summed E-state index contributed by atoms with van der Waals surface area (Å²) in [4.78, 5) is 26.9. The lowest BCUT2D eigenvalue weighted by atomic mass is 10.1. The number of benzene rings is 1. The maximum atomic E-state index is 12.9. The second kappa shape index (κ2) is 10.5. The summed E-state index contributed by atoms with van der Waals surface area (Å²) in [5, 5.41) is 6.41. The summed E-state index contributed by atoms with van der Waals surface area (Å²) in [6, 6.07) is 4.49. The number of methoxy groups -OCH3 is 1. The normalized spacial score (nSPS) is 16.3. The SMILES string of the molecule is CNCCCNC(=O)C1CCCN1C(=O)c1cc(Cl)ccc1OC.Cl. The van der Waals surface area contributed by atoms with Gasteiger partial charge < -0.3 is 20.3 Å². The number of nitrogens with one attached hydrogen (secondary N) is 2. The summed E-state index contributed by atoms with van der Waals surface area (Å²) < 4.78 is 5.25. The van der Waals surface area contributed by atoms with Crippen molar-refractivity contribution in [1.29, 1.82) is 0 Å². The smallest absolute Gasteiger partial charge is 0.258 e. The molecule has 1 fully saturated rings. The predicted octanol–water partition coefficient (Wildman–Crippen LogP) is 2.10. The number of hydrogen-bond acceptors (Lipinski definition) is 4. The number of carbonyl (C=O) groups is 2. The summed E-state index contributed by atoms with van der Waals surface area (Å²) in [5.74, 6) is 0.143. The topological polar surface area (TPSA) is 70.7 Å². The van der Waals surface area contributed by atoms with Gasteiger partial charge in [-0.3, -0.25) is 9.59 Å². The lowest BCUT2D eigenvalue weighted by molar-refractivity contribution is -0.124. The Morgan fingerprint density at radius 3 is 2.80 bits per heavy atom. The van der Waals surface area contributed by atoms with Crippen LogP contribution < -0.4 is 15.4 Å². The third-order valence-corrected chi connectivity index (χ3v) is 4.35. The lowest BCUT2D eigenvalue weighted by Crippen LogP contribution is -2.46. The molecule has 1 atom stereocenters. The maximum absolute atomic E-state index is 12.9. The molecular formula is C17H25Cl2N3O3. The van der Waals surface area contributed by atoms with Crippen LogP contribution in [0.25, 0.3) is 0 Å². The van der Waals surface area contributed by atoms with Crippen molar-refractivity contribution in [3.05, 3.63) is 28.8 Å². The number of nitrogens with zero attached hydrogens (tertiary/aromatic N) is 1. The molecule has 0 bridgehead atoms. The van der Waals surface area contributed by atoms with E-state index in [9.17, 15) is 9.59 Å². The van der Waals surface area contributed by atoms with E-state index in [4.69, 9.17) is 16.3 Å². The van der Waals surface area contributed by atoms with Crippen molar-refractivity contribution in [2.24, 2.45) is 0 Å². The minimum Gasteiger partial charge on any atom is -0.496 e. The fourth-order valence-corrected chi connectivity index (χ4v) is 3.05. The fourth-order valence-electron chi connectivity index (χ4n) is 2.88. The van der Waals surface area contributed by atoms with E-state index >= 15 is 0 Å². The van der Waals surface area contributed by atoms with Gasteiger partial charge in [-0.15, -0.1) is 12.4 Å². The molecule has 1 aliphatic heterocycles. The summed E-state index contributed by atoms with van der Waals surface area (Å²) in [6.45, 7) is 2.00. The molecule has 140 valence electrons. The van der Waals surface area contributed by atoms with Gasteiger partial charge in [0.25, 0.3) is 5.91 Å². The van der Waals surface area contributed by atoms with Crippen molar-refractivity contribution in [2.45, 2.75) is 25.3 Å². The zero-order valence-electron chi connectivity index (χ0n) is 14.5. The van der Waals surface area contributed by atoms with Crippen molar-refractivity contribution >= 4 is 35.8 Å². The monoisotopic (exact) mass is 389 g/mol. The Morgan fingerprint density at radius 1 is 1.36 bits per heavy atom. The molecule has 6 nitrogen and oxygen atoms in total. The Morgan fingerprint density at radius 2 is 2.12 bits per heavy atom. The molecule has 8 heteroatoms. The van der Waals surface area contributed by atoms with E-state index in [2.05, 4.69) is 10.6 Å². The number of halogens is 2. The maximum Gasteiger partial charge on any atom is 0.258 e. The van der Waals surface area contributed by atoms with Crippen LogP contribution in [0.5, 0.6) is 5.75 Å². The molecule has 1 unspecified atom stereocenters. The highest BCUT2D eigenvalue weighted by molar-refractivity contribution is 6.31. The first-order chi connectivity index (χ1) is 11.6. The van der Waals surface area contributed by atoms with Gasteiger partial charge in [0.1, 0.15) is 11.8 Å². The van der Waals surface area contributed by atoms with Crippen LogP contribution in [0.3, 0.4) is 0 Å². The van der Waals surface area contributed by atoms with Gasteiger partial charge in [0.15, 0.2) is 0 Å². The number of hydrogen-bond donors (Lipinski definition) is 2. The first-order valence-corrected chi connectivity index (χ1v) is 8.53. The number of ether oxygens (including phenoxy) is 1. The quantitative estimate of drug-likeness (QED) is 0.700. The highest BCUT2D eigenvalue weighted by atomic mass is 35.5. The molecular weight excluding hydrogens is 365 g/mol. The zero-order chi connectivity index (χ0) is 17.5. The fraction of sp³-hybridized carbons (Fsp3) is 0.529. The van der Waals surface area contributed by atoms with E-state index in [-0.39, 0.29) is 24.2 Å². The van der Waals surface area contributed by atoms with Crippen molar-refractivity contribution in [2.75, 3.05) is 33.8 Å². The van der Waals surface area contributed by atoms with E-state index in [1.165, 1.54) is 7.11 Å². The zero-order valence-corrected chi connectivity index (χ0v) is 16.1. The summed E-state index contributed by atoms with van der Waals surface area (Å²) in [5.41, 5.74) is 0.389. The minimum absolute atomic E-state index is 0. The number of carbonyl (C=O) groups excluding carboxylic acids is 2. The third kappa shape index (κ3) is 5.49. The average molecular weight is 390 g/mol. The van der Waals surface area contributed by atoms with Crippen LogP contribution >= 0.6 is 24.0 Å². The Balaban J connectivity index is 0.00000312. The molecule has 0 radical (unpaired) electrons. The molecule has 1 heterocycles. The molecule has 1 aliphatic rings. The van der Waals surface area contributed by atoms with E-state index in [0.717, 1.165) is 19.4 Å². The molecule has 0 saturated carbocycles. The van der Waals surface area contributed by atoms with Gasteiger partial charge in [-0.1, -0.05) is 11.6 Å². The van der Waals surface area contributed by atoms with Gasteiger partial charge >= 0.3 is 0 Å². The average Bonchev–Trinajstić information content (AvgIpc) is 3.07. The molecule has 1 aromatic rings. The lowest BCUT2D eigenvalue weighted by Gasteiger charge is -2.25. The number of amides is 2. The summed E-state index contributed by atoms with van der Waals surface area (Å²) in [6.07, 6.45) is 2.33. The van der Waals surface area contributed by atoms with Gasteiger partial charge in [-0.25, -0.2) is 0 Å². The number of rotatable bonds is 7. The molecule has 0 spiro atoms. The van der Waals surface area contributed by atoms with Crippen LogP contribution in [0.15, 0.2) is 18.2 Å². The Kier molecular flexibility index (Phi) is 9.03. The third-order valence-electron chi connectivity index (χ3n) is 4.11. The molecule has 1 aromatic carbocycles. The largest absolute Gasteiger partial charge is 0.496 e. The van der Waals surface area contributed by atoms with Gasteiger partial charge in [-0.2, -0.15) is 0 Å². The van der Waals surface area contributed by atoms with Crippen LogP contribution in [0, 0.1) is 0 Å². The second-order valence-corrected chi connectivity index (χ2v) is 6.19. The van der Waals surface area contributed by atoms with Crippen molar-refractivity contribution < 1.29 is 14.3 Å². The van der Waals surface area contributed by atoms with Crippen LogP contribution in [-0.2, 0) is 4.79 Å². The Bertz CT molecular complexity index is 599. The Labute approximate surface area is 159 Å². The predicted molar refractivity (Wildman–Crippen MR) is 101 cm³/mol. The Hall–Kier alpha value is -1.50. The van der Waals surface area contributed by atoms with Crippen molar-refractivity contribution in [1.82, 2.24) is 15.5 Å². The first-order valence-electron chi connectivity index (χ1n) is 8.15. The van der Waals surface area contributed by atoms with Gasteiger partial charge in [0.05, 0.1) is 12.7 Å². The summed E-state index contributed by atoms with van der Waals surface area (Å²) in [7, 11) is 3.38. The highest BCUT2D eigenvalue weighted by Gasteiger charge is 2.35. The molecule has 2 N–H and O–H groups in total. The molecule has 0 aromatic heterocycles. The van der Waals surface area contributed by atoms with Gasteiger partial charge in [0, 0.05) is 18.1 Å². The highest BCUT2D eigenvalue weighted by Crippen LogP contribution is 2.27. The van der Waals surface area contributed by atoms with Crippen LogP contribution in [0.4, 0.5) is 0 Å². The van der Waals surface area contributed by atoms with Crippen LogP contribution in [0.1, 0.15) is 29.6 Å². The second-order valence-electron chi connectivity index (χ2n) is 5.75. The summed E-state index contributed by atoms with van der Waals surface area (Å²) >= 11 is 6.01. The van der Waals surface area contributed by atoms with E-state index in [1.54, 1.807) is 23.1 Å². The van der Waals surface area contributed by atoms with Gasteiger partial charge in [-0.05, 0) is 51.1 Å². The molecule has 2 amide bonds. The number of likely N-dealkylation sites (tertiary alicyclic amines) is 1. The van der Waals surface area contributed by atoms with E-state index in [0.29, 0.717) is 35.8 Å². The van der Waals surface area contributed by atoms with Crippen molar-refractivity contribution in [3.8, 4) is 5.75 Å².